The van der Waals surface area contributed by atoms with Crippen LogP contribution in [0.5, 0.6) is 5.88 Å². The zero-order valence-electron chi connectivity index (χ0n) is 15.3. The summed E-state index contributed by atoms with van der Waals surface area (Å²) in [4.78, 5) is 3.46. The van der Waals surface area contributed by atoms with E-state index in [1.165, 1.54) is 19.4 Å². The summed E-state index contributed by atoms with van der Waals surface area (Å²) < 4.78 is 62.6. The molecule has 154 valence electrons. The Morgan fingerprint density at radius 2 is 1.90 bits per heavy atom. The topological polar surface area (TPSA) is 85.6 Å². The maximum absolute atomic E-state index is 14.0. The largest absolute Gasteiger partial charge is 0.480 e. The molecule has 0 saturated carbocycles. The van der Waals surface area contributed by atoms with E-state index in [0.717, 1.165) is 26.8 Å². The minimum absolute atomic E-state index is 0.00450. The van der Waals surface area contributed by atoms with Gasteiger partial charge < -0.3 is 4.74 Å². The molecule has 1 N–H and O–H groups in total. The van der Waals surface area contributed by atoms with Gasteiger partial charge in [0.05, 0.1) is 22.4 Å². The van der Waals surface area contributed by atoms with Crippen LogP contribution < -0.4 is 9.46 Å². The predicted octanol–water partition coefficient (Wildman–Crippen LogP) is 4.09. The predicted molar refractivity (Wildman–Crippen MR) is 115 cm³/mol. The zero-order valence-corrected chi connectivity index (χ0v) is 18.3. The highest BCUT2D eigenvalue weighted by molar-refractivity contribution is 14.1. The molecule has 0 aliphatic rings. The van der Waals surface area contributed by atoms with Crippen molar-refractivity contribution in [2.75, 3.05) is 11.8 Å². The summed E-state index contributed by atoms with van der Waals surface area (Å²) in [6, 6.07) is 7.44. The highest BCUT2D eigenvalue weighted by Gasteiger charge is 2.22. The van der Waals surface area contributed by atoms with Crippen molar-refractivity contribution < 1.29 is 21.9 Å². The molecule has 0 amide bonds. The smallest absolute Gasteiger partial charge is 0.264 e. The molecule has 3 heterocycles. The number of fused-ring (bicyclic) bond motifs is 1. The Kier molecular flexibility index (Phi) is 5.32. The van der Waals surface area contributed by atoms with E-state index < -0.39 is 26.6 Å². The second kappa shape index (κ2) is 7.80. The third kappa shape index (κ3) is 3.81. The average molecular weight is 542 g/mol. The minimum Gasteiger partial charge on any atom is -0.480 e. The molecule has 0 radical (unpaired) electrons. The van der Waals surface area contributed by atoms with Crippen LogP contribution >= 0.6 is 22.6 Å². The molecule has 7 nitrogen and oxygen atoms in total. The number of methoxy groups -OCH3 is 1. The first-order valence-electron chi connectivity index (χ1n) is 8.43. The summed E-state index contributed by atoms with van der Waals surface area (Å²) in [5, 5.41) is 4.21. The number of hydrogen-bond donors (Lipinski definition) is 1. The number of hydrogen-bond acceptors (Lipinski definition) is 5. The number of benzene rings is 1. The summed E-state index contributed by atoms with van der Waals surface area (Å²) in [6.07, 6.45) is 5.03. The van der Waals surface area contributed by atoms with Crippen LogP contribution in [0.25, 0.3) is 16.6 Å². The fourth-order valence-corrected chi connectivity index (χ4v) is 4.51. The molecule has 0 saturated heterocycles. The number of aromatic nitrogens is 3. The van der Waals surface area contributed by atoms with Crippen molar-refractivity contribution in [1.82, 2.24) is 14.6 Å². The molecule has 4 aromatic rings. The van der Waals surface area contributed by atoms with Gasteiger partial charge in [-0.15, -0.1) is 0 Å². The van der Waals surface area contributed by atoms with E-state index in [9.17, 15) is 17.2 Å². The van der Waals surface area contributed by atoms with Crippen molar-refractivity contribution in [3.8, 4) is 17.0 Å². The van der Waals surface area contributed by atoms with Gasteiger partial charge in [-0.1, -0.05) is 0 Å². The van der Waals surface area contributed by atoms with Crippen molar-refractivity contribution in [3.63, 3.8) is 0 Å². The lowest BCUT2D eigenvalue weighted by molar-refractivity contribution is 0.400. The summed E-state index contributed by atoms with van der Waals surface area (Å²) in [6.45, 7) is 0. The van der Waals surface area contributed by atoms with Gasteiger partial charge in [0.2, 0.25) is 5.88 Å². The van der Waals surface area contributed by atoms with Gasteiger partial charge >= 0.3 is 0 Å². The van der Waals surface area contributed by atoms with E-state index in [1.807, 2.05) is 6.07 Å². The maximum atomic E-state index is 14.0. The third-order valence-corrected chi connectivity index (χ3v) is 6.51. The van der Waals surface area contributed by atoms with Gasteiger partial charge in [-0.2, -0.15) is 5.10 Å². The second-order valence-corrected chi connectivity index (χ2v) is 9.01. The Labute approximate surface area is 183 Å². The number of nitrogens with zero attached hydrogens (tertiary/aromatic N) is 3. The molecule has 0 aliphatic carbocycles. The summed E-state index contributed by atoms with van der Waals surface area (Å²) in [5.74, 6) is -2.08. The lowest BCUT2D eigenvalue weighted by Gasteiger charge is -2.13. The van der Waals surface area contributed by atoms with Crippen LogP contribution in [0.4, 0.5) is 14.5 Å². The lowest BCUT2D eigenvalue weighted by Crippen LogP contribution is -2.15. The van der Waals surface area contributed by atoms with Crippen molar-refractivity contribution in [3.05, 3.63) is 70.2 Å². The molecule has 30 heavy (non-hydrogen) atoms. The van der Waals surface area contributed by atoms with Crippen molar-refractivity contribution >= 4 is 43.8 Å². The first-order valence-corrected chi connectivity index (χ1v) is 11.0. The van der Waals surface area contributed by atoms with Crippen LogP contribution in [-0.4, -0.2) is 30.1 Å². The highest BCUT2D eigenvalue weighted by Crippen LogP contribution is 2.31. The van der Waals surface area contributed by atoms with Gasteiger partial charge in [-0.3, -0.25) is 4.72 Å². The van der Waals surface area contributed by atoms with Crippen LogP contribution in [0.3, 0.4) is 0 Å². The molecular formula is C19H13F2IN4O3S. The normalized spacial score (nSPS) is 11.6. The third-order valence-electron chi connectivity index (χ3n) is 4.28. The SMILES string of the molecule is COc1ncc(-c2ccn3ncc(I)c3c2)cc1NS(=O)(=O)c1ccc(F)cc1F. The Hall–Kier alpha value is -2.80. The van der Waals surface area contributed by atoms with E-state index in [-0.39, 0.29) is 11.6 Å². The molecule has 11 heteroatoms. The van der Waals surface area contributed by atoms with E-state index in [1.54, 1.807) is 23.0 Å². The van der Waals surface area contributed by atoms with Crippen molar-refractivity contribution in [2.45, 2.75) is 4.90 Å². The number of rotatable bonds is 5. The summed E-state index contributed by atoms with van der Waals surface area (Å²) >= 11 is 2.16. The van der Waals surface area contributed by atoms with Gasteiger partial charge in [-0.05, 0) is 58.5 Å². The zero-order chi connectivity index (χ0) is 21.5. The van der Waals surface area contributed by atoms with Gasteiger partial charge in [-0.25, -0.2) is 26.7 Å². The maximum Gasteiger partial charge on any atom is 0.264 e. The van der Waals surface area contributed by atoms with E-state index in [2.05, 4.69) is 37.4 Å². The van der Waals surface area contributed by atoms with Crippen LogP contribution in [0, 0.1) is 15.2 Å². The molecule has 0 bridgehead atoms. The van der Waals surface area contributed by atoms with Crippen molar-refractivity contribution in [2.24, 2.45) is 0 Å². The van der Waals surface area contributed by atoms with Crippen LogP contribution in [0.1, 0.15) is 0 Å². The molecule has 3 aromatic heterocycles. The standard InChI is InChI=1S/C19H13F2IN4O3S/c1-29-19-16(25-30(27,28)18-3-2-13(20)8-14(18)21)6-12(9-23-19)11-4-5-26-17(7-11)15(22)10-24-26/h2-10,25H,1H3. The molecule has 0 fully saturated rings. The number of ether oxygens (including phenoxy) is 1. The Bertz CT molecular complexity index is 1380. The summed E-state index contributed by atoms with van der Waals surface area (Å²) in [7, 11) is -3.02. The molecule has 0 atom stereocenters. The Balaban J connectivity index is 1.76. The molecule has 0 spiro atoms. The first-order chi connectivity index (χ1) is 14.3. The van der Waals surface area contributed by atoms with E-state index >= 15 is 0 Å². The first kappa shape index (κ1) is 20.5. The Morgan fingerprint density at radius 1 is 1.10 bits per heavy atom. The number of anilines is 1. The van der Waals surface area contributed by atoms with Gasteiger partial charge in [0, 0.05) is 24.0 Å². The second-order valence-electron chi connectivity index (χ2n) is 6.20. The monoisotopic (exact) mass is 542 g/mol. The number of pyridine rings is 2. The lowest BCUT2D eigenvalue weighted by atomic mass is 10.1. The van der Waals surface area contributed by atoms with Gasteiger partial charge in [0.25, 0.3) is 10.0 Å². The minimum atomic E-state index is -4.35. The van der Waals surface area contributed by atoms with Gasteiger partial charge in [0.15, 0.2) is 0 Å². The number of nitrogens with one attached hydrogen (secondary N) is 1. The molecule has 0 unspecified atom stereocenters. The quantitative estimate of drug-likeness (QED) is 0.385. The summed E-state index contributed by atoms with van der Waals surface area (Å²) in [5.41, 5.74) is 2.26. The van der Waals surface area contributed by atoms with Crippen LogP contribution in [-0.2, 0) is 10.0 Å². The van der Waals surface area contributed by atoms with Crippen LogP contribution in [0.2, 0.25) is 0 Å². The molecule has 4 rings (SSSR count). The Morgan fingerprint density at radius 3 is 2.63 bits per heavy atom. The fourth-order valence-electron chi connectivity index (χ4n) is 2.87. The van der Waals surface area contributed by atoms with E-state index in [0.29, 0.717) is 11.6 Å². The van der Waals surface area contributed by atoms with Crippen LogP contribution in [0.15, 0.2) is 59.9 Å². The molecular weight excluding hydrogens is 529 g/mol. The average Bonchev–Trinajstić information content (AvgIpc) is 3.07. The molecule has 0 aliphatic heterocycles. The number of sulfonamides is 1. The van der Waals surface area contributed by atoms with Crippen molar-refractivity contribution in [1.29, 1.82) is 0 Å². The highest BCUT2D eigenvalue weighted by atomic mass is 127. The van der Waals surface area contributed by atoms with Gasteiger partial charge in [0.1, 0.15) is 22.2 Å². The fraction of sp³-hybridized carbons (Fsp3) is 0.0526. The van der Waals surface area contributed by atoms with E-state index in [4.69, 9.17) is 4.74 Å². The number of halogens is 3. The molecule has 1 aromatic carbocycles.